The summed E-state index contributed by atoms with van der Waals surface area (Å²) >= 11 is 0. The van der Waals surface area contributed by atoms with Gasteiger partial charge in [0.1, 0.15) is 11.8 Å². The SMILES string of the molecule is COC(=O)[C@@H]1C=C[C@@H](C(=O)OC)C2=C(C)CCC(C)=C21. The summed E-state index contributed by atoms with van der Waals surface area (Å²) < 4.78 is 9.76. The molecule has 2 rings (SSSR count). The number of fused-ring (bicyclic) bond motifs is 1. The Kier molecular flexibility index (Phi) is 4.12. The van der Waals surface area contributed by atoms with E-state index in [4.69, 9.17) is 9.47 Å². The Morgan fingerprint density at radius 3 is 1.55 bits per heavy atom. The highest BCUT2D eigenvalue weighted by atomic mass is 16.5. The Morgan fingerprint density at radius 2 is 1.25 bits per heavy atom. The van der Waals surface area contributed by atoms with Gasteiger partial charge in [-0.05, 0) is 37.8 Å². The smallest absolute Gasteiger partial charge is 0.317 e. The lowest BCUT2D eigenvalue weighted by Crippen LogP contribution is -2.30. The van der Waals surface area contributed by atoms with E-state index in [-0.39, 0.29) is 11.9 Å². The zero-order valence-electron chi connectivity index (χ0n) is 12.4. The van der Waals surface area contributed by atoms with Crippen molar-refractivity contribution in [3.63, 3.8) is 0 Å². The maximum absolute atomic E-state index is 12.0. The van der Waals surface area contributed by atoms with E-state index < -0.39 is 11.8 Å². The molecule has 20 heavy (non-hydrogen) atoms. The number of rotatable bonds is 2. The number of hydrogen-bond acceptors (Lipinski definition) is 4. The van der Waals surface area contributed by atoms with Crippen LogP contribution in [0.4, 0.5) is 0 Å². The first-order chi connectivity index (χ1) is 9.51. The van der Waals surface area contributed by atoms with Crippen molar-refractivity contribution in [1.29, 1.82) is 0 Å². The fourth-order valence-corrected chi connectivity index (χ4v) is 3.03. The van der Waals surface area contributed by atoms with Crippen molar-refractivity contribution >= 4 is 11.9 Å². The fourth-order valence-electron chi connectivity index (χ4n) is 3.03. The summed E-state index contributed by atoms with van der Waals surface area (Å²) in [6.07, 6.45) is 5.35. The predicted molar refractivity (Wildman–Crippen MR) is 74.8 cm³/mol. The molecule has 0 aliphatic heterocycles. The van der Waals surface area contributed by atoms with Crippen LogP contribution in [-0.4, -0.2) is 26.2 Å². The number of hydrogen-bond donors (Lipinski definition) is 0. The maximum Gasteiger partial charge on any atom is 0.317 e. The fraction of sp³-hybridized carbons (Fsp3) is 0.500. The molecule has 0 unspecified atom stereocenters. The number of carbonyl (C=O) groups is 2. The average Bonchev–Trinajstić information content (AvgIpc) is 2.48. The van der Waals surface area contributed by atoms with Crippen LogP contribution >= 0.6 is 0 Å². The van der Waals surface area contributed by atoms with Gasteiger partial charge >= 0.3 is 11.9 Å². The number of carbonyl (C=O) groups excluding carboxylic acids is 2. The molecule has 0 aromatic heterocycles. The molecule has 0 bridgehead atoms. The molecule has 2 aliphatic rings. The highest BCUT2D eigenvalue weighted by Gasteiger charge is 2.38. The highest BCUT2D eigenvalue weighted by Crippen LogP contribution is 2.43. The number of esters is 2. The van der Waals surface area contributed by atoms with Gasteiger partial charge in [0.15, 0.2) is 0 Å². The minimum absolute atomic E-state index is 0.286. The normalized spacial score (nSPS) is 25.4. The van der Waals surface area contributed by atoms with Gasteiger partial charge in [-0.3, -0.25) is 9.59 Å². The minimum atomic E-state index is -0.411. The van der Waals surface area contributed by atoms with Crippen molar-refractivity contribution in [3.05, 3.63) is 34.4 Å². The van der Waals surface area contributed by atoms with E-state index in [1.807, 2.05) is 13.8 Å². The molecular weight excluding hydrogens is 256 g/mol. The van der Waals surface area contributed by atoms with Crippen LogP contribution in [0.1, 0.15) is 26.7 Å². The molecule has 108 valence electrons. The summed E-state index contributed by atoms with van der Waals surface area (Å²) in [6.45, 7) is 4.04. The van der Waals surface area contributed by atoms with Gasteiger partial charge in [-0.2, -0.15) is 0 Å². The molecule has 4 nitrogen and oxygen atoms in total. The molecule has 0 fully saturated rings. The second-order valence-electron chi connectivity index (χ2n) is 5.27. The van der Waals surface area contributed by atoms with Crippen LogP contribution in [0.5, 0.6) is 0 Å². The van der Waals surface area contributed by atoms with Gasteiger partial charge in [0.05, 0.1) is 14.2 Å². The van der Waals surface area contributed by atoms with Crippen molar-refractivity contribution < 1.29 is 19.1 Å². The van der Waals surface area contributed by atoms with E-state index in [0.717, 1.165) is 35.1 Å². The molecule has 2 aliphatic carbocycles. The molecule has 0 radical (unpaired) electrons. The maximum atomic E-state index is 12.0. The molecule has 0 saturated carbocycles. The molecule has 0 aromatic carbocycles. The molecular formula is C16H20O4. The summed E-state index contributed by atoms with van der Waals surface area (Å²) in [6, 6.07) is 0. The highest BCUT2D eigenvalue weighted by molar-refractivity contribution is 5.87. The second-order valence-corrected chi connectivity index (χ2v) is 5.27. The molecule has 0 amide bonds. The predicted octanol–water partition coefficient (Wildman–Crippen LogP) is 2.56. The van der Waals surface area contributed by atoms with Crippen molar-refractivity contribution in [2.24, 2.45) is 11.8 Å². The number of allylic oxidation sites excluding steroid dienone is 2. The molecule has 0 N–H and O–H groups in total. The summed E-state index contributed by atoms with van der Waals surface area (Å²) in [5.74, 6) is -1.39. The average molecular weight is 276 g/mol. The summed E-state index contributed by atoms with van der Waals surface area (Å²) in [7, 11) is 2.77. The van der Waals surface area contributed by atoms with Crippen LogP contribution in [0.15, 0.2) is 34.4 Å². The third-order valence-corrected chi connectivity index (χ3v) is 4.11. The third-order valence-electron chi connectivity index (χ3n) is 4.11. The van der Waals surface area contributed by atoms with Gasteiger partial charge in [-0.1, -0.05) is 23.3 Å². The summed E-state index contributed by atoms with van der Waals surface area (Å²) in [5, 5.41) is 0. The van der Waals surface area contributed by atoms with Crippen molar-refractivity contribution in [2.75, 3.05) is 14.2 Å². The van der Waals surface area contributed by atoms with E-state index in [1.165, 1.54) is 14.2 Å². The Bertz CT molecular complexity index is 489. The van der Waals surface area contributed by atoms with Crippen LogP contribution in [0.2, 0.25) is 0 Å². The Hall–Kier alpha value is -1.84. The first-order valence-electron chi connectivity index (χ1n) is 6.74. The van der Waals surface area contributed by atoms with Crippen LogP contribution < -0.4 is 0 Å². The van der Waals surface area contributed by atoms with Crippen LogP contribution in [-0.2, 0) is 19.1 Å². The van der Waals surface area contributed by atoms with Crippen LogP contribution in [0.3, 0.4) is 0 Å². The zero-order chi connectivity index (χ0) is 14.9. The van der Waals surface area contributed by atoms with Crippen molar-refractivity contribution in [3.8, 4) is 0 Å². The van der Waals surface area contributed by atoms with Gasteiger partial charge in [0.25, 0.3) is 0 Å². The van der Waals surface area contributed by atoms with Gasteiger partial charge in [0, 0.05) is 0 Å². The second kappa shape index (κ2) is 5.65. The minimum Gasteiger partial charge on any atom is -0.468 e. The van der Waals surface area contributed by atoms with Crippen molar-refractivity contribution in [2.45, 2.75) is 26.7 Å². The monoisotopic (exact) mass is 276 g/mol. The lowest BCUT2D eigenvalue weighted by atomic mass is 9.71. The molecule has 0 saturated heterocycles. The van der Waals surface area contributed by atoms with Crippen molar-refractivity contribution in [1.82, 2.24) is 0 Å². The molecule has 0 heterocycles. The standard InChI is InChI=1S/C16H20O4/c1-9-5-6-10(2)14-12(16(18)20-4)8-7-11(13(9)14)15(17)19-3/h7-8,11-12H,5-6H2,1-4H3/t11-,12-/m1/s1. The topological polar surface area (TPSA) is 52.6 Å². The first-order valence-corrected chi connectivity index (χ1v) is 6.74. The van der Waals surface area contributed by atoms with Crippen LogP contribution in [0.25, 0.3) is 0 Å². The first kappa shape index (κ1) is 14.6. The van der Waals surface area contributed by atoms with E-state index in [2.05, 4.69) is 0 Å². The summed E-state index contributed by atoms with van der Waals surface area (Å²) in [4.78, 5) is 23.9. The largest absolute Gasteiger partial charge is 0.468 e. The van der Waals surface area contributed by atoms with E-state index in [1.54, 1.807) is 12.2 Å². The quantitative estimate of drug-likeness (QED) is 0.574. The third kappa shape index (κ3) is 2.30. The van der Waals surface area contributed by atoms with Gasteiger partial charge in [0.2, 0.25) is 0 Å². The van der Waals surface area contributed by atoms with E-state index >= 15 is 0 Å². The van der Waals surface area contributed by atoms with E-state index in [0.29, 0.717) is 0 Å². The molecule has 0 spiro atoms. The molecule has 0 aromatic rings. The zero-order valence-corrected chi connectivity index (χ0v) is 12.4. The van der Waals surface area contributed by atoms with Gasteiger partial charge < -0.3 is 9.47 Å². The Morgan fingerprint density at radius 1 is 0.900 bits per heavy atom. The molecule has 4 heteroatoms. The Balaban J connectivity index is 2.57. The van der Waals surface area contributed by atoms with E-state index in [9.17, 15) is 9.59 Å². The van der Waals surface area contributed by atoms with Crippen LogP contribution in [0, 0.1) is 11.8 Å². The number of ether oxygens (including phenoxy) is 2. The lowest BCUT2D eigenvalue weighted by Gasteiger charge is -2.33. The lowest BCUT2D eigenvalue weighted by molar-refractivity contribution is -0.144. The Labute approximate surface area is 119 Å². The van der Waals surface area contributed by atoms with Gasteiger partial charge in [-0.15, -0.1) is 0 Å². The molecule has 2 atom stereocenters. The number of methoxy groups -OCH3 is 2. The summed E-state index contributed by atoms with van der Waals surface area (Å²) in [5.41, 5.74) is 4.19. The van der Waals surface area contributed by atoms with Gasteiger partial charge in [-0.25, -0.2) is 0 Å².